The van der Waals surface area contributed by atoms with Gasteiger partial charge in [0.2, 0.25) is 0 Å². The van der Waals surface area contributed by atoms with Gasteiger partial charge in [0.05, 0.1) is 34.1 Å². The number of nitro groups is 1. The minimum atomic E-state index is -0.931. The summed E-state index contributed by atoms with van der Waals surface area (Å²) in [5.74, 6) is -1.16. The van der Waals surface area contributed by atoms with Crippen LogP contribution in [0.5, 0.6) is 0 Å². The number of hydrogen-bond donors (Lipinski definition) is 2. The topological polar surface area (TPSA) is 129 Å². The second-order valence-electron chi connectivity index (χ2n) is 5.84. The zero-order valence-electron chi connectivity index (χ0n) is 14.4. The van der Waals surface area contributed by atoms with E-state index in [0.717, 1.165) is 17.5 Å². The first-order valence-corrected chi connectivity index (χ1v) is 7.80. The van der Waals surface area contributed by atoms with E-state index < -0.39 is 28.0 Å². The van der Waals surface area contributed by atoms with Crippen molar-refractivity contribution in [3.8, 4) is 5.82 Å². The van der Waals surface area contributed by atoms with E-state index in [1.165, 1.54) is 6.20 Å². The maximum Gasteiger partial charge on any atom is 0.295 e. The zero-order chi connectivity index (χ0) is 19.7. The van der Waals surface area contributed by atoms with E-state index in [9.17, 15) is 19.3 Å². The van der Waals surface area contributed by atoms with Gasteiger partial charge in [0.25, 0.3) is 11.6 Å². The molecule has 0 radical (unpaired) electrons. The van der Waals surface area contributed by atoms with Crippen LogP contribution in [0.1, 0.15) is 21.7 Å². The summed E-state index contributed by atoms with van der Waals surface area (Å²) in [6.07, 6.45) is 1.40. The van der Waals surface area contributed by atoms with Gasteiger partial charge >= 0.3 is 0 Å². The van der Waals surface area contributed by atoms with Crippen LogP contribution >= 0.6 is 0 Å². The van der Waals surface area contributed by atoms with Crippen molar-refractivity contribution < 1.29 is 14.1 Å². The van der Waals surface area contributed by atoms with Crippen LogP contribution in [0.25, 0.3) is 5.82 Å². The number of nitrogens with two attached hydrogens (primary N) is 1. The van der Waals surface area contributed by atoms with Gasteiger partial charge in [-0.15, -0.1) is 0 Å². The molecule has 0 fully saturated rings. The van der Waals surface area contributed by atoms with E-state index >= 15 is 0 Å². The molecule has 0 saturated carbocycles. The molecule has 3 rings (SSSR count). The molecule has 9 nitrogen and oxygen atoms in total. The van der Waals surface area contributed by atoms with E-state index in [0.29, 0.717) is 17.6 Å². The van der Waals surface area contributed by atoms with E-state index in [-0.39, 0.29) is 5.56 Å². The number of amides is 1. The third kappa shape index (κ3) is 3.59. The van der Waals surface area contributed by atoms with Crippen LogP contribution in [0.3, 0.4) is 0 Å². The Balaban J connectivity index is 1.85. The number of halogens is 1. The van der Waals surface area contributed by atoms with Crippen molar-refractivity contribution in [3.05, 3.63) is 69.4 Å². The van der Waals surface area contributed by atoms with Gasteiger partial charge in [-0.25, -0.2) is 14.1 Å². The van der Waals surface area contributed by atoms with Crippen LogP contribution in [0.15, 0.2) is 36.5 Å². The standard InChI is InChI=1S/C17H15FN6O3/c1-9-5-10(2)23(22-9)15-4-3-12(8-20-15)21-17(25)13-6-11(18)7-14(16(13)19)24(26)27/h3-8H,19H2,1-2H3,(H,21,25). The van der Waals surface area contributed by atoms with Gasteiger partial charge in [0.1, 0.15) is 11.5 Å². The Bertz CT molecular complexity index is 1050. The molecule has 0 spiro atoms. The van der Waals surface area contributed by atoms with Gasteiger partial charge in [-0.2, -0.15) is 5.10 Å². The number of aromatic nitrogens is 3. The molecule has 0 saturated heterocycles. The number of aryl methyl sites for hydroxylation is 2. The maximum atomic E-state index is 13.6. The van der Waals surface area contributed by atoms with Crippen LogP contribution in [-0.2, 0) is 0 Å². The van der Waals surface area contributed by atoms with E-state index in [2.05, 4.69) is 15.4 Å². The molecule has 2 aromatic heterocycles. The Morgan fingerprint density at radius 3 is 2.59 bits per heavy atom. The molecular formula is C17H15FN6O3. The fourth-order valence-electron chi connectivity index (χ4n) is 2.59. The van der Waals surface area contributed by atoms with Gasteiger partial charge in [-0.05, 0) is 38.1 Å². The SMILES string of the molecule is Cc1cc(C)n(-c2ccc(NC(=O)c3cc(F)cc([N+](=O)[O-])c3N)cn2)n1. The van der Waals surface area contributed by atoms with Crippen LogP contribution in [-0.4, -0.2) is 25.6 Å². The van der Waals surface area contributed by atoms with Gasteiger partial charge in [0.15, 0.2) is 5.82 Å². The van der Waals surface area contributed by atoms with Gasteiger partial charge in [-0.3, -0.25) is 14.9 Å². The minimum absolute atomic E-state index is 0.316. The molecule has 1 amide bonds. The van der Waals surface area contributed by atoms with Crippen molar-refractivity contribution in [1.29, 1.82) is 0 Å². The summed E-state index contributed by atoms with van der Waals surface area (Å²) in [4.78, 5) is 26.6. The third-order valence-electron chi connectivity index (χ3n) is 3.80. The number of rotatable bonds is 4. The van der Waals surface area contributed by atoms with Crippen LogP contribution < -0.4 is 11.1 Å². The first-order chi connectivity index (χ1) is 12.8. The van der Waals surface area contributed by atoms with Crippen LogP contribution in [0, 0.1) is 29.8 Å². The Hall–Kier alpha value is -3.82. The number of carbonyl (C=O) groups is 1. The molecular weight excluding hydrogens is 355 g/mol. The summed E-state index contributed by atoms with van der Waals surface area (Å²) >= 11 is 0. The van der Waals surface area contributed by atoms with Gasteiger partial charge in [-0.1, -0.05) is 0 Å². The first kappa shape index (κ1) is 18.0. The van der Waals surface area contributed by atoms with Crippen molar-refractivity contribution in [1.82, 2.24) is 14.8 Å². The van der Waals surface area contributed by atoms with E-state index in [1.807, 2.05) is 19.9 Å². The highest BCUT2D eigenvalue weighted by Crippen LogP contribution is 2.27. The fourth-order valence-corrected chi connectivity index (χ4v) is 2.59. The zero-order valence-corrected chi connectivity index (χ0v) is 14.4. The number of hydrogen-bond acceptors (Lipinski definition) is 6. The summed E-state index contributed by atoms with van der Waals surface area (Å²) in [5, 5.41) is 17.7. The number of nitrogen functional groups attached to an aromatic ring is 1. The van der Waals surface area contributed by atoms with Crippen molar-refractivity contribution in [3.63, 3.8) is 0 Å². The van der Waals surface area contributed by atoms with Crippen molar-refractivity contribution in [2.45, 2.75) is 13.8 Å². The summed E-state index contributed by atoms with van der Waals surface area (Å²) in [6, 6.07) is 6.64. The highest BCUT2D eigenvalue weighted by molar-refractivity contribution is 6.08. The van der Waals surface area contributed by atoms with Crippen LogP contribution in [0.4, 0.5) is 21.5 Å². The van der Waals surface area contributed by atoms with Crippen molar-refractivity contribution in [2.75, 3.05) is 11.1 Å². The molecule has 10 heteroatoms. The fraction of sp³-hybridized carbons (Fsp3) is 0.118. The van der Waals surface area contributed by atoms with Crippen molar-refractivity contribution >= 4 is 23.0 Å². The number of nitrogens with zero attached hydrogens (tertiary/aromatic N) is 4. The predicted octanol–water partition coefficient (Wildman–Crippen LogP) is 2.77. The number of carbonyl (C=O) groups excluding carboxylic acids is 1. The number of benzene rings is 1. The molecule has 1 aromatic carbocycles. The quantitative estimate of drug-likeness (QED) is 0.413. The maximum absolute atomic E-state index is 13.6. The largest absolute Gasteiger partial charge is 0.393 e. The summed E-state index contributed by atoms with van der Waals surface area (Å²) in [7, 11) is 0. The van der Waals surface area contributed by atoms with Gasteiger partial charge in [0, 0.05) is 5.69 Å². The normalized spacial score (nSPS) is 10.6. The molecule has 27 heavy (non-hydrogen) atoms. The lowest BCUT2D eigenvalue weighted by Crippen LogP contribution is -2.16. The lowest BCUT2D eigenvalue weighted by Gasteiger charge is -2.09. The predicted molar refractivity (Wildman–Crippen MR) is 96.3 cm³/mol. The molecule has 3 aromatic rings. The first-order valence-electron chi connectivity index (χ1n) is 7.80. The molecule has 0 bridgehead atoms. The summed E-state index contributed by atoms with van der Waals surface area (Å²) in [6.45, 7) is 3.75. The summed E-state index contributed by atoms with van der Waals surface area (Å²) < 4.78 is 15.2. The molecule has 0 aliphatic heterocycles. The Kier molecular flexibility index (Phi) is 4.55. The van der Waals surface area contributed by atoms with Crippen LogP contribution in [0.2, 0.25) is 0 Å². The molecule has 3 N–H and O–H groups in total. The Morgan fingerprint density at radius 1 is 1.30 bits per heavy atom. The molecule has 0 unspecified atom stereocenters. The van der Waals surface area contributed by atoms with E-state index in [4.69, 9.17) is 5.73 Å². The molecule has 2 heterocycles. The van der Waals surface area contributed by atoms with E-state index in [1.54, 1.807) is 16.8 Å². The average molecular weight is 370 g/mol. The van der Waals surface area contributed by atoms with Gasteiger partial charge < -0.3 is 11.1 Å². The molecule has 0 aliphatic rings. The molecule has 138 valence electrons. The number of pyridine rings is 1. The number of anilines is 2. The Morgan fingerprint density at radius 2 is 2.04 bits per heavy atom. The highest BCUT2D eigenvalue weighted by Gasteiger charge is 2.22. The second-order valence-corrected chi connectivity index (χ2v) is 5.84. The number of nitrogens with one attached hydrogen (secondary N) is 1. The highest BCUT2D eigenvalue weighted by atomic mass is 19.1. The number of nitro benzene ring substituents is 1. The molecule has 0 atom stereocenters. The smallest absolute Gasteiger partial charge is 0.295 e. The third-order valence-corrected chi connectivity index (χ3v) is 3.80. The summed E-state index contributed by atoms with van der Waals surface area (Å²) in [5.41, 5.74) is 6.28. The molecule has 0 aliphatic carbocycles. The Labute approximate surface area is 152 Å². The lowest BCUT2D eigenvalue weighted by atomic mass is 10.1. The monoisotopic (exact) mass is 370 g/mol. The average Bonchev–Trinajstić information content (AvgIpc) is 2.95. The second kappa shape index (κ2) is 6.83. The minimum Gasteiger partial charge on any atom is -0.393 e. The van der Waals surface area contributed by atoms with Crippen molar-refractivity contribution in [2.24, 2.45) is 0 Å². The lowest BCUT2D eigenvalue weighted by molar-refractivity contribution is -0.384.